The van der Waals surface area contributed by atoms with E-state index in [9.17, 15) is 4.79 Å². The Morgan fingerprint density at radius 3 is 2.93 bits per heavy atom. The van der Waals surface area contributed by atoms with Crippen LogP contribution in [0.4, 0.5) is 0 Å². The number of carbonyl (C=O) groups excluding carboxylic acids is 1. The predicted molar refractivity (Wildman–Crippen MR) is 55.7 cm³/mol. The maximum atomic E-state index is 11.3. The molecule has 0 aliphatic rings. The molecule has 0 aliphatic heterocycles. The van der Waals surface area contributed by atoms with Gasteiger partial charge in [-0.05, 0) is 13.0 Å². The first-order valence-corrected chi connectivity index (χ1v) is 4.59. The third-order valence-corrected chi connectivity index (χ3v) is 2.43. The highest BCUT2D eigenvalue weighted by atomic mass is 35.5. The van der Waals surface area contributed by atoms with Crippen LogP contribution in [0, 0.1) is 0 Å². The first-order chi connectivity index (χ1) is 6.59. The van der Waals surface area contributed by atoms with E-state index in [0.29, 0.717) is 10.7 Å². The minimum atomic E-state index is 0.0414. The van der Waals surface area contributed by atoms with Crippen LogP contribution in [-0.4, -0.2) is 15.3 Å². The molecule has 0 saturated heterocycles. The number of aryl methyl sites for hydroxylation is 1. The van der Waals surface area contributed by atoms with Crippen LogP contribution in [-0.2, 0) is 7.05 Å². The van der Waals surface area contributed by atoms with Gasteiger partial charge >= 0.3 is 0 Å². The smallest absolute Gasteiger partial charge is 0.162 e. The van der Waals surface area contributed by atoms with Crippen molar-refractivity contribution >= 4 is 28.3 Å². The Morgan fingerprint density at radius 1 is 1.57 bits per heavy atom. The molecule has 0 saturated carbocycles. The largest absolute Gasteiger partial charge is 0.350 e. The van der Waals surface area contributed by atoms with Gasteiger partial charge in [-0.1, -0.05) is 11.6 Å². The van der Waals surface area contributed by atoms with Crippen molar-refractivity contribution in [3.05, 3.63) is 29.2 Å². The van der Waals surface area contributed by atoms with E-state index >= 15 is 0 Å². The summed E-state index contributed by atoms with van der Waals surface area (Å²) in [7, 11) is 1.88. The second-order valence-corrected chi connectivity index (χ2v) is 3.62. The topological polar surface area (TPSA) is 34.9 Å². The number of ketones is 1. The zero-order valence-electron chi connectivity index (χ0n) is 7.91. The van der Waals surface area contributed by atoms with Crippen LogP contribution >= 0.6 is 11.6 Å². The summed E-state index contributed by atoms with van der Waals surface area (Å²) in [5.74, 6) is 0.0414. The maximum Gasteiger partial charge on any atom is 0.162 e. The lowest BCUT2D eigenvalue weighted by atomic mass is 10.2. The molecule has 14 heavy (non-hydrogen) atoms. The van der Waals surface area contributed by atoms with Gasteiger partial charge in [0.25, 0.3) is 0 Å². The van der Waals surface area contributed by atoms with E-state index in [2.05, 4.69) is 4.98 Å². The number of carbonyl (C=O) groups is 1. The SMILES string of the molecule is CC(=O)c1cn(C)c2cc(Cl)ncc12. The molecule has 4 heteroatoms. The van der Waals surface area contributed by atoms with Gasteiger partial charge in [-0.3, -0.25) is 4.79 Å². The molecule has 2 aromatic rings. The van der Waals surface area contributed by atoms with Crippen LogP contribution in [0.2, 0.25) is 5.15 Å². The molecule has 2 rings (SSSR count). The van der Waals surface area contributed by atoms with Crippen molar-refractivity contribution < 1.29 is 4.79 Å². The van der Waals surface area contributed by atoms with E-state index in [1.165, 1.54) is 0 Å². The monoisotopic (exact) mass is 208 g/mol. The summed E-state index contributed by atoms with van der Waals surface area (Å²) < 4.78 is 1.87. The number of hydrogen-bond donors (Lipinski definition) is 0. The van der Waals surface area contributed by atoms with Gasteiger partial charge in [0.15, 0.2) is 5.78 Å². The highest BCUT2D eigenvalue weighted by Crippen LogP contribution is 2.22. The van der Waals surface area contributed by atoms with E-state index < -0.39 is 0 Å². The summed E-state index contributed by atoms with van der Waals surface area (Å²) in [6.07, 6.45) is 3.43. The van der Waals surface area contributed by atoms with E-state index in [1.54, 1.807) is 25.4 Å². The second kappa shape index (κ2) is 3.10. The van der Waals surface area contributed by atoms with Gasteiger partial charge in [0, 0.05) is 30.4 Å². The van der Waals surface area contributed by atoms with E-state index in [0.717, 1.165) is 10.9 Å². The van der Waals surface area contributed by atoms with Gasteiger partial charge < -0.3 is 4.57 Å². The molecule has 0 N–H and O–H groups in total. The van der Waals surface area contributed by atoms with Crippen molar-refractivity contribution in [3.8, 4) is 0 Å². The number of halogens is 1. The van der Waals surface area contributed by atoms with Gasteiger partial charge in [-0.15, -0.1) is 0 Å². The minimum absolute atomic E-state index is 0.0414. The van der Waals surface area contributed by atoms with Crippen molar-refractivity contribution in [2.75, 3.05) is 0 Å². The Bertz CT molecular complexity index is 516. The van der Waals surface area contributed by atoms with Crippen molar-refractivity contribution in [1.82, 2.24) is 9.55 Å². The zero-order chi connectivity index (χ0) is 10.3. The number of pyridine rings is 1. The van der Waals surface area contributed by atoms with Gasteiger partial charge in [-0.2, -0.15) is 0 Å². The second-order valence-electron chi connectivity index (χ2n) is 3.23. The number of fused-ring (bicyclic) bond motifs is 1. The third-order valence-electron chi connectivity index (χ3n) is 2.22. The average molecular weight is 209 g/mol. The number of hydrogen-bond acceptors (Lipinski definition) is 2. The Labute approximate surface area is 86.3 Å². The predicted octanol–water partition coefficient (Wildman–Crippen LogP) is 2.43. The molecule has 3 nitrogen and oxygen atoms in total. The van der Waals surface area contributed by atoms with E-state index in [1.807, 2.05) is 11.6 Å². The lowest BCUT2D eigenvalue weighted by molar-refractivity contribution is 0.101. The van der Waals surface area contributed by atoms with Crippen LogP contribution in [0.1, 0.15) is 17.3 Å². The Kier molecular flexibility index (Phi) is 2.04. The maximum absolute atomic E-state index is 11.3. The Balaban J connectivity index is 2.84. The Morgan fingerprint density at radius 2 is 2.29 bits per heavy atom. The van der Waals surface area contributed by atoms with Gasteiger partial charge in [0.2, 0.25) is 0 Å². The van der Waals surface area contributed by atoms with Gasteiger partial charge in [-0.25, -0.2) is 4.98 Å². The summed E-state index contributed by atoms with van der Waals surface area (Å²) >= 11 is 5.77. The van der Waals surface area contributed by atoms with Crippen LogP contribution in [0.15, 0.2) is 18.5 Å². The lowest BCUT2D eigenvalue weighted by Gasteiger charge is -1.95. The summed E-state index contributed by atoms with van der Waals surface area (Å²) in [5.41, 5.74) is 1.61. The van der Waals surface area contributed by atoms with Crippen LogP contribution in [0.25, 0.3) is 10.9 Å². The molecule has 0 spiro atoms. The van der Waals surface area contributed by atoms with Crippen molar-refractivity contribution in [1.29, 1.82) is 0 Å². The molecule has 2 heterocycles. The highest BCUT2D eigenvalue weighted by Gasteiger charge is 2.10. The van der Waals surface area contributed by atoms with E-state index in [-0.39, 0.29) is 5.78 Å². The molecule has 2 aromatic heterocycles. The first kappa shape index (κ1) is 9.21. The summed E-state index contributed by atoms with van der Waals surface area (Å²) in [6, 6.07) is 1.75. The summed E-state index contributed by atoms with van der Waals surface area (Å²) in [4.78, 5) is 15.2. The Hall–Kier alpha value is -1.35. The normalized spacial score (nSPS) is 10.8. The van der Waals surface area contributed by atoms with Gasteiger partial charge in [0.1, 0.15) is 5.15 Å². The molecule has 0 bridgehead atoms. The standard InChI is InChI=1S/C10H9ClN2O/c1-6(14)8-5-13(2)9-3-10(11)12-4-7(8)9/h3-5H,1-2H3. The number of rotatable bonds is 1. The number of Topliss-reactive ketones (excluding diaryl/α,β-unsaturated/α-hetero) is 1. The molecule has 0 aromatic carbocycles. The quantitative estimate of drug-likeness (QED) is 0.533. The molecule has 72 valence electrons. The molecule has 0 radical (unpaired) electrons. The summed E-state index contributed by atoms with van der Waals surface area (Å²) in [5, 5.41) is 1.29. The molecular weight excluding hydrogens is 200 g/mol. The minimum Gasteiger partial charge on any atom is -0.350 e. The summed E-state index contributed by atoms with van der Waals surface area (Å²) in [6.45, 7) is 1.55. The van der Waals surface area contributed by atoms with Crippen molar-refractivity contribution in [3.63, 3.8) is 0 Å². The van der Waals surface area contributed by atoms with Crippen LogP contribution in [0.5, 0.6) is 0 Å². The zero-order valence-corrected chi connectivity index (χ0v) is 8.67. The first-order valence-electron chi connectivity index (χ1n) is 4.21. The molecular formula is C10H9ClN2O. The molecule has 0 aliphatic carbocycles. The lowest BCUT2D eigenvalue weighted by Crippen LogP contribution is -1.89. The molecule has 0 amide bonds. The van der Waals surface area contributed by atoms with Crippen molar-refractivity contribution in [2.24, 2.45) is 7.05 Å². The number of nitrogens with zero attached hydrogens (tertiary/aromatic N) is 2. The van der Waals surface area contributed by atoms with Crippen molar-refractivity contribution in [2.45, 2.75) is 6.92 Å². The van der Waals surface area contributed by atoms with Crippen LogP contribution < -0.4 is 0 Å². The molecule has 0 atom stereocenters. The molecule has 0 unspecified atom stereocenters. The fourth-order valence-electron chi connectivity index (χ4n) is 1.53. The molecule has 0 fully saturated rings. The third kappa shape index (κ3) is 1.30. The van der Waals surface area contributed by atoms with E-state index in [4.69, 9.17) is 11.6 Å². The highest BCUT2D eigenvalue weighted by molar-refractivity contribution is 6.30. The van der Waals surface area contributed by atoms with Crippen LogP contribution in [0.3, 0.4) is 0 Å². The van der Waals surface area contributed by atoms with Gasteiger partial charge in [0.05, 0.1) is 5.52 Å². The fraction of sp³-hybridized carbons (Fsp3) is 0.200. The number of aromatic nitrogens is 2. The fourth-order valence-corrected chi connectivity index (χ4v) is 1.68. The average Bonchev–Trinajstić information content (AvgIpc) is 2.44.